The van der Waals surface area contributed by atoms with Gasteiger partial charge in [0.05, 0.1) is 69.7 Å². The van der Waals surface area contributed by atoms with Gasteiger partial charge in [0, 0.05) is 143 Å². The minimum absolute atomic E-state index is 0.0194. The van der Waals surface area contributed by atoms with Crippen LogP contribution in [0.2, 0.25) is 0 Å². The average molecular weight is 1780 g/mol. The molecule has 700 valence electrons. The zero-order chi connectivity index (χ0) is 90.4. The van der Waals surface area contributed by atoms with E-state index < -0.39 is 208 Å². The van der Waals surface area contributed by atoms with E-state index in [4.69, 9.17) is 138 Å². The van der Waals surface area contributed by atoms with Gasteiger partial charge in [-0.05, 0) is 63.9 Å². The van der Waals surface area contributed by atoms with Gasteiger partial charge in [-0.15, -0.1) is 0 Å². The number of carbonyl (C=O) groups excluding carboxylic acids is 4. The number of hydrogen-bond donors (Lipinski definition) is 3. The lowest BCUT2D eigenvalue weighted by Gasteiger charge is -2.51. The van der Waals surface area contributed by atoms with Crippen LogP contribution in [0.3, 0.4) is 0 Å². The maximum Gasteiger partial charge on any atom is 0.306 e. The fourth-order valence-electron chi connectivity index (χ4n) is 18.4. The van der Waals surface area contributed by atoms with Gasteiger partial charge in [0.25, 0.3) is 0 Å². The van der Waals surface area contributed by atoms with Crippen LogP contribution in [-0.2, 0) is 152 Å². The SMILES string of the molecule is COCC1OC(NC(=O)CCC(=O)OCC2c3ccccc3-c3ccccc32)C(OC)[C@H](OC)[C@H]1O[C@@H]1OC(COC)[C@H](O[C@@H]2OC(C)[C@@H](N)[C@@H](OC)C2OC)[C@@H](OC)C1OC.COCC1OC(NC(=O)CCC(=O)OCC2c3ccccc3-c3ccccc32)C(OC)[C@H](OC)[C@H]1O[C@@H]1OC(COC)[C@H](O[C@@H]2OC(C)[C@@H](N=[N+]=[N-])[C@@H](OC)C2OC)[C@@H](OC)C1OC. The van der Waals surface area contributed by atoms with Crippen LogP contribution in [0.4, 0.5) is 0 Å². The molecule has 2 aliphatic carbocycles. The zero-order valence-corrected chi connectivity index (χ0v) is 74.8. The Bertz CT molecular complexity index is 4030. The maximum atomic E-state index is 13.4. The first-order valence-corrected chi connectivity index (χ1v) is 42.1. The molecule has 6 heterocycles. The first-order chi connectivity index (χ1) is 61.2. The predicted molar refractivity (Wildman–Crippen MR) is 445 cm³/mol. The molecule has 6 saturated heterocycles. The Morgan fingerprint density at radius 2 is 0.619 bits per heavy atom. The number of nitrogens with two attached hydrogens (primary N) is 1. The lowest BCUT2D eigenvalue weighted by atomic mass is 9.95. The summed E-state index contributed by atoms with van der Waals surface area (Å²) in [5.74, 6) is -2.11. The Kier molecular flexibility index (Phi) is 38.1. The van der Waals surface area contributed by atoms with Gasteiger partial charge in [0.15, 0.2) is 37.6 Å². The Hall–Kier alpha value is -7.01. The topological polar surface area (TPSA) is 426 Å². The molecule has 14 unspecified atom stereocenters. The first-order valence-electron chi connectivity index (χ1n) is 42.1. The number of methoxy groups -OCH3 is 16. The molecule has 6 fully saturated rings. The number of rotatable bonds is 41. The van der Waals surface area contributed by atoms with Gasteiger partial charge in [-0.2, -0.15) is 0 Å². The van der Waals surface area contributed by atoms with Gasteiger partial charge in [-0.25, -0.2) is 0 Å². The highest BCUT2D eigenvalue weighted by molar-refractivity contribution is 5.83. The number of hydrogen-bond acceptors (Lipinski definition) is 34. The number of amides is 2. The highest BCUT2D eigenvalue weighted by atomic mass is 16.8. The molecule has 4 aromatic rings. The van der Waals surface area contributed by atoms with Crippen molar-refractivity contribution >= 4 is 23.8 Å². The summed E-state index contributed by atoms with van der Waals surface area (Å²) in [4.78, 5) is 55.8. The average Bonchev–Trinajstić information content (AvgIpc) is 1.57. The standard InChI is InChI=1S/C44H62N4O16.C44H64N2O16/c1-23-33(47-48-45)36(53-4)40(57-8)43(60-23)63-35-30(22-52-3)62-44(41(58-9)38(35)55-6)64-34-29(21-51-2)61-42(39(56-7)37(34)54-5)46-31(49)18-19-32(50)59-20-28-26-16-12-10-14-24(26)25-15-11-13-17-27(25)28;1-23-33(45)36(51-4)40(55-8)43(58-23)61-35-30(22-50-3)60-44(41(56-9)38(35)53-6)62-34-29(21-49-2)59-42(39(54-7)37(34)52-5)46-31(47)18-19-32(48)57-20-28-26-16-12-10-14-24(26)25-15-11-13-17-27(25)28/h10-17,23,28-30,33-44H,18-22H2,1-9H3,(H,46,49);10-17,23,28-30,33-44H,18-22,45H2,1-9H3,(H,46,47)/t2*23?,29?,30?,33-,34+,35+,36-,37-,38-,39?,40?,41?,42?,43+,44+/m11/s1. The molecule has 6 aliphatic heterocycles. The third kappa shape index (κ3) is 22.6. The van der Waals surface area contributed by atoms with Crippen LogP contribution in [0.25, 0.3) is 32.7 Å². The Balaban J connectivity index is 0.000000245. The van der Waals surface area contributed by atoms with Crippen molar-refractivity contribution in [1.82, 2.24) is 10.6 Å². The summed E-state index contributed by atoms with van der Waals surface area (Å²) in [6.07, 6.45) is -24.0. The van der Waals surface area contributed by atoms with E-state index in [1.165, 1.54) is 107 Å². The minimum Gasteiger partial charge on any atom is -0.465 e. The number of fused-ring (bicyclic) bond motifs is 6. The zero-order valence-electron chi connectivity index (χ0n) is 74.8. The lowest BCUT2D eigenvalue weighted by molar-refractivity contribution is -0.374. The Morgan fingerprint density at radius 1 is 0.341 bits per heavy atom. The summed E-state index contributed by atoms with van der Waals surface area (Å²) in [7, 11) is 24.1. The van der Waals surface area contributed by atoms with Crippen LogP contribution in [0.1, 0.15) is 73.6 Å². The van der Waals surface area contributed by atoms with E-state index in [2.05, 4.69) is 57.1 Å². The van der Waals surface area contributed by atoms with Crippen LogP contribution >= 0.6 is 0 Å². The van der Waals surface area contributed by atoms with Crippen molar-refractivity contribution in [2.75, 3.05) is 153 Å². The molecule has 12 rings (SSSR count). The molecule has 2 amide bonds. The van der Waals surface area contributed by atoms with Crippen LogP contribution in [-0.4, -0.2) is 361 Å². The van der Waals surface area contributed by atoms with Crippen molar-refractivity contribution in [2.45, 2.75) is 235 Å². The number of azide groups is 1. The molecular formula is C88H126N6O32. The first kappa shape index (κ1) is 99.6. The molecule has 8 aliphatic rings. The van der Waals surface area contributed by atoms with E-state index in [1.807, 2.05) is 67.6 Å². The molecule has 38 nitrogen and oxygen atoms in total. The maximum absolute atomic E-state index is 13.4. The summed E-state index contributed by atoms with van der Waals surface area (Å²) in [6, 6.07) is 31.2. The number of benzene rings is 4. The van der Waals surface area contributed by atoms with E-state index >= 15 is 0 Å². The third-order valence-electron chi connectivity index (χ3n) is 24.5. The molecule has 4 aromatic carbocycles. The molecule has 0 aromatic heterocycles. The van der Waals surface area contributed by atoms with Gasteiger partial charge < -0.3 is 149 Å². The smallest absolute Gasteiger partial charge is 0.306 e. The normalized spacial score (nSPS) is 34.2. The van der Waals surface area contributed by atoms with Crippen LogP contribution in [0.15, 0.2) is 102 Å². The second-order valence-corrected chi connectivity index (χ2v) is 31.6. The van der Waals surface area contributed by atoms with Gasteiger partial charge in [-0.1, -0.05) is 102 Å². The highest BCUT2D eigenvalue weighted by Gasteiger charge is 2.59. The van der Waals surface area contributed by atoms with E-state index in [0.29, 0.717) is 0 Å². The monoisotopic (exact) mass is 1780 g/mol. The van der Waals surface area contributed by atoms with Gasteiger partial charge in [0.2, 0.25) is 11.8 Å². The van der Waals surface area contributed by atoms with Gasteiger partial charge in [-0.3, -0.25) is 19.2 Å². The van der Waals surface area contributed by atoms with Gasteiger partial charge >= 0.3 is 11.9 Å². The van der Waals surface area contributed by atoms with E-state index in [-0.39, 0.29) is 77.2 Å². The van der Waals surface area contributed by atoms with Crippen molar-refractivity contribution < 1.29 is 152 Å². The molecule has 4 N–H and O–H groups in total. The summed E-state index contributed by atoms with van der Waals surface area (Å²) in [6.45, 7) is 4.07. The molecule has 0 saturated carbocycles. The molecule has 0 bridgehead atoms. The molecule has 38 heteroatoms. The molecular weight excluding hydrogens is 1650 g/mol. The van der Waals surface area contributed by atoms with Crippen LogP contribution in [0, 0.1) is 0 Å². The van der Waals surface area contributed by atoms with E-state index in [1.54, 1.807) is 14.0 Å². The Labute approximate surface area is 734 Å². The minimum atomic E-state index is -1.12. The van der Waals surface area contributed by atoms with E-state index in [9.17, 15) is 24.7 Å². The lowest BCUT2D eigenvalue weighted by Crippen LogP contribution is -2.68. The number of nitrogens with one attached hydrogen (secondary N) is 2. The van der Waals surface area contributed by atoms with Crippen molar-refractivity contribution in [3.63, 3.8) is 0 Å². The summed E-state index contributed by atoms with van der Waals surface area (Å²) < 4.78 is 170. The Morgan fingerprint density at radius 3 is 0.929 bits per heavy atom. The van der Waals surface area contributed by atoms with Crippen molar-refractivity contribution in [3.8, 4) is 22.3 Å². The fraction of sp³-hybridized carbons (Fsp3) is 0.682. The number of nitrogens with zero attached hydrogens (tertiary/aromatic N) is 3. The second-order valence-electron chi connectivity index (χ2n) is 31.6. The highest BCUT2D eigenvalue weighted by Crippen LogP contribution is 2.47. The van der Waals surface area contributed by atoms with E-state index in [0.717, 1.165) is 44.5 Å². The van der Waals surface area contributed by atoms with Crippen LogP contribution < -0.4 is 16.4 Å². The van der Waals surface area contributed by atoms with Crippen molar-refractivity contribution in [1.29, 1.82) is 0 Å². The fourth-order valence-corrected chi connectivity index (χ4v) is 18.4. The molecule has 30 atom stereocenters. The van der Waals surface area contributed by atoms with Crippen LogP contribution in [0.5, 0.6) is 0 Å². The molecule has 0 radical (unpaired) electrons. The molecule has 126 heavy (non-hydrogen) atoms. The number of esters is 2. The largest absolute Gasteiger partial charge is 0.465 e. The summed E-state index contributed by atoms with van der Waals surface area (Å²) >= 11 is 0. The van der Waals surface area contributed by atoms with Crippen molar-refractivity contribution in [2.24, 2.45) is 10.8 Å². The predicted octanol–water partition coefficient (Wildman–Crippen LogP) is 5.18. The third-order valence-corrected chi connectivity index (χ3v) is 24.5. The number of carbonyl (C=O) groups is 4. The second kappa shape index (κ2) is 48.2. The quantitative estimate of drug-likeness (QED) is 0.0223. The van der Waals surface area contributed by atoms with Crippen molar-refractivity contribution in [3.05, 3.63) is 130 Å². The number of ether oxygens (including phenoxy) is 28. The summed E-state index contributed by atoms with van der Waals surface area (Å²) in [5, 5.41) is 9.61. The summed E-state index contributed by atoms with van der Waals surface area (Å²) in [5.41, 5.74) is 24.5. The van der Waals surface area contributed by atoms with Gasteiger partial charge in [0.1, 0.15) is 129 Å². The molecule has 0 spiro atoms.